The number of anilines is 1. The standard InChI is InChI=1S/C12H17BrN2S/c1-7-4-9(13)12-10(5-7)16-11(6-14)8(2)15(12)3/h4-5,8,11H,6,14H2,1-3H3. The van der Waals surface area contributed by atoms with E-state index in [0.29, 0.717) is 11.3 Å². The van der Waals surface area contributed by atoms with Gasteiger partial charge in [0, 0.05) is 34.3 Å². The number of nitrogens with two attached hydrogens (primary N) is 1. The maximum Gasteiger partial charge on any atom is 0.0649 e. The van der Waals surface area contributed by atoms with Crippen molar-refractivity contribution in [1.29, 1.82) is 0 Å². The average molecular weight is 301 g/mol. The van der Waals surface area contributed by atoms with E-state index in [0.717, 1.165) is 6.54 Å². The molecule has 1 aliphatic rings. The molecule has 2 N–H and O–H groups in total. The van der Waals surface area contributed by atoms with Gasteiger partial charge in [-0.05, 0) is 47.5 Å². The Labute approximate surface area is 110 Å². The zero-order valence-corrected chi connectivity index (χ0v) is 12.2. The molecule has 0 saturated heterocycles. The fourth-order valence-corrected chi connectivity index (χ4v) is 4.50. The lowest BCUT2D eigenvalue weighted by Crippen LogP contribution is -2.44. The van der Waals surface area contributed by atoms with Crippen molar-refractivity contribution >= 4 is 33.4 Å². The summed E-state index contributed by atoms with van der Waals surface area (Å²) in [5.41, 5.74) is 8.42. The number of rotatable bonds is 1. The zero-order chi connectivity index (χ0) is 11.9. The van der Waals surface area contributed by atoms with E-state index < -0.39 is 0 Å². The van der Waals surface area contributed by atoms with Gasteiger partial charge in [-0.15, -0.1) is 11.8 Å². The van der Waals surface area contributed by atoms with Crippen LogP contribution in [0.1, 0.15) is 12.5 Å². The van der Waals surface area contributed by atoms with Gasteiger partial charge in [-0.1, -0.05) is 0 Å². The van der Waals surface area contributed by atoms with Gasteiger partial charge < -0.3 is 10.6 Å². The second-order valence-electron chi connectivity index (χ2n) is 4.34. The van der Waals surface area contributed by atoms with Gasteiger partial charge in [-0.3, -0.25) is 0 Å². The van der Waals surface area contributed by atoms with Crippen LogP contribution in [0.15, 0.2) is 21.5 Å². The smallest absolute Gasteiger partial charge is 0.0649 e. The fraction of sp³-hybridized carbons (Fsp3) is 0.500. The number of nitrogens with zero attached hydrogens (tertiary/aromatic N) is 1. The highest BCUT2D eigenvalue weighted by Gasteiger charge is 2.30. The van der Waals surface area contributed by atoms with Crippen molar-refractivity contribution in [3.63, 3.8) is 0 Å². The van der Waals surface area contributed by atoms with E-state index in [-0.39, 0.29) is 0 Å². The highest BCUT2D eigenvalue weighted by molar-refractivity contribution is 9.10. The Balaban J connectivity index is 2.50. The number of fused-ring (bicyclic) bond motifs is 1. The van der Waals surface area contributed by atoms with Gasteiger partial charge >= 0.3 is 0 Å². The summed E-state index contributed by atoms with van der Waals surface area (Å²) in [4.78, 5) is 3.66. The van der Waals surface area contributed by atoms with Gasteiger partial charge in [0.1, 0.15) is 0 Å². The first kappa shape index (κ1) is 12.3. The van der Waals surface area contributed by atoms with Crippen LogP contribution >= 0.6 is 27.7 Å². The highest BCUT2D eigenvalue weighted by Crippen LogP contribution is 2.44. The van der Waals surface area contributed by atoms with Crippen molar-refractivity contribution in [3.05, 3.63) is 22.2 Å². The van der Waals surface area contributed by atoms with Gasteiger partial charge in [0.25, 0.3) is 0 Å². The minimum absolute atomic E-state index is 0.474. The fourth-order valence-electron chi connectivity index (χ4n) is 2.09. The molecule has 1 aromatic carbocycles. The molecule has 0 aromatic heterocycles. The minimum Gasteiger partial charge on any atom is -0.369 e. The van der Waals surface area contributed by atoms with Crippen molar-refractivity contribution in [3.8, 4) is 0 Å². The summed E-state index contributed by atoms with van der Waals surface area (Å²) in [5.74, 6) is 0. The van der Waals surface area contributed by atoms with Crippen molar-refractivity contribution < 1.29 is 0 Å². The predicted molar refractivity (Wildman–Crippen MR) is 75.4 cm³/mol. The van der Waals surface area contributed by atoms with Gasteiger partial charge in [0.15, 0.2) is 0 Å². The highest BCUT2D eigenvalue weighted by atomic mass is 79.9. The SMILES string of the molecule is Cc1cc(Br)c2c(c1)SC(CN)C(C)N2C. The van der Waals surface area contributed by atoms with Gasteiger partial charge in [-0.2, -0.15) is 0 Å². The van der Waals surface area contributed by atoms with Crippen molar-refractivity contribution in [2.75, 3.05) is 18.5 Å². The summed E-state index contributed by atoms with van der Waals surface area (Å²) in [6.45, 7) is 5.09. The van der Waals surface area contributed by atoms with E-state index in [9.17, 15) is 0 Å². The Morgan fingerprint density at radius 3 is 2.81 bits per heavy atom. The molecule has 1 aromatic rings. The molecule has 2 nitrogen and oxygen atoms in total. The van der Waals surface area contributed by atoms with Crippen LogP contribution in [0.4, 0.5) is 5.69 Å². The molecule has 2 atom stereocenters. The minimum atomic E-state index is 0.474. The summed E-state index contributed by atoms with van der Waals surface area (Å²) >= 11 is 5.56. The quantitative estimate of drug-likeness (QED) is 0.864. The molecule has 1 heterocycles. The molecular weight excluding hydrogens is 284 g/mol. The molecule has 0 spiro atoms. The lowest BCUT2D eigenvalue weighted by atomic mass is 10.1. The van der Waals surface area contributed by atoms with E-state index in [2.05, 4.69) is 53.9 Å². The number of thioether (sulfide) groups is 1. The molecule has 2 unspecified atom stereocenters. The number of hydrogen-bond donors (Lipinski definition) is 1. The van der Waals surface area contributed by atoms with E-state index in [1.165, 1.54) is 20.6 Å². The second-order valence-corrected chi connectivity index (χ2v) is 6.47. The Morgan fingerprint density at radius 1 is 1.50 bits per heavy atom. The third-order valence-electron chi connectivity index (χ3n) is 3.19. The maximum atomic E-state index is 5.83. The zero-order valence-electron chi connectivity index (χ0n) is 9.83. The van der Waals surface area contributed by atoms with E-state index in [1.54, 1.807) is 0 Å². The van der Waals surface area contributed by atoms with E-state index >= 15 is 0 Å². The van der Waals surface area contributed by atoms with E-state index in [1.807, 2.05) is 11.8 Å². The Hall–Kier alpha value is -0.190. The molecule has 0 bridgehead atoms. The molecule has 2 rings (SSSR count). The molecule has 4 heteroatoms. The van der Waals surface area contributed by atoms with E-state index in [4.69, 9.17) is 5.73 Å². The number of aryl methyl sites for hydroxylation is 1. The first-order valence-electron chi connectivity index (χ1n) is 5.44. The summed E-state index contributed by atoms with van der Waals surface area (Å²) in [6.07, 6.45) is 0. The lowest BCUT2D eigenvalue weighted by molar-refractivity contribution is 0.635. The molecule has 0 amide bonds. The lowest BCUT2D eigenvalue weighted by Gasteiger charge is -2.39. The van der Waals surface area contributed by atoms with Crippen LogP contribution in [0.25, 0.3) is 0 Å². The molecule has 88 valence electrons. The second kappa shape index (κ2) is 4.59. The number of halogens is 1. The molecular formula is C12H17BrN2S. The van der Waals surface area contributed by atoms with Crippen molar-refractivity contribution in [2.45, 2.75) is 30.0 Å². The molecule has 0 saturated carbocycles. The van der Waals surface area contributed by atoms with Crippen LogP contribution in [0.2, 0.25) is 0 Å². The van der Waals surface area contributed by atoms with Crippen LogP contribution in [0.5, 0.6) is 0 Å². The number of benzene rings is 1. The first-order chi connectivity index (χ1) is 7.54. The Morgan fingerprint density at radius 2 is 2.19 bits per heavy atom. The third-order valence-corrected chi connectivity index (χ3v) is 5.24. The van der Waals surface area contributed by atoms with Crippen LogP contribution < -0.4 is 10.6 Å². The van der Waals surface area contributed by atoms with Crippen molar-refractivity contribution in [2.24, 2.45) is 5.73 Å². The van der Waals surface area contributed by atoms with Crippen LogP contribution in [-0.2, 0) is 0 Å². The molecule has 0 aliphatic carbocycles. The van der Waals surface area contributed by atoms with Gasteiger partial charge in [0.05, 0.1) is 5.69 Å². The maximum absolute atomic E-state index is 5.83. The monoisotopic (exact) mass is 300 g/mol. The Kier molecular flexibility index (Phi) is 3.52. The number of hydrogen-bond acceptors (Lipinski definition) is 3. The predicted octanol–water partition coefficient (Wildman–Crippen LogP) is 3.02. The first-order valence-corrected chi connectivity index (χ1v) is 7.11. The average Bonchev–Trinajstić information content (AvgIpc) is 2.22. The Bertz CT molecular complexity index is 408. The van der Waals surface area contributed by atoms with Gasteiger partial charge in [0.2, 0.25) is 0 Å². The molecule has 16 heavy (non-hydrogen) atoms. The largest absolute Gasteiger partial charge is 0.369 e. The van der Waals surface area contributed by atoms with Gasteiger partial charge in [-0.25, -0.2) is 0 Å². The summed E-state index contributed by atoms with van der Waals surface area (Å²) in [6, 6.07) is 4.89. The van der Waals surface area contributed by atoms with Crippen LogP contribution in [0, 0.1) is 6.92 Å². The molecule has 1 aliphatic heterocycles. The van der Waals surface area contributed by atoms with Crippen LogP contribution in [-0.4, -0.2) is 24.9 Å². The normalized spacial score (nSPS) is 24.4. The topological polar surface area (TPSA) is 29.3 Å². The molecule has 0 radical (unpaired) electrons. The summed E-state index contributed by atoms with van der Waals surface area (Å²) in [5, 5.41) is 0.478. The third kappa shape index (κ3) is 1.98. The van der Waals surface area contributed by atoms with Crippen molar-refractivity contribution in [1.82, 2.24) is 0 Å². The van der Waals surface area contributed by atoms with Crippen LogP contribution in [0.3, 0.4) is 0 Å². The summed E-state index contributed by atoms with van der Waals surface area (Å²) in [7, 11) is 2.14. The molecule has 0 fully saturated rings. The summed E-state index contributed by atoms with van der Waals surface area (Å²) < 4.78 is 1.18.